The average Bonchev–Trinajstić information content (AvgIpc) is 3.03. The van der Waals surface area contributed by atoms with E-state index in [-0.39, 0.29) is 6.04 Å². The molecule has 3 rings (SSSR count). The van der Waals surface area contributed by atoms with Gasteiger partial charge in [-0.3, -0.25) is 0 Å². The van der Waals surface area contributed by atoms with E-state index in [0.29, 0.717) is 34.1 Å². The largest absolute Gasteiger partial charge is 0.339 e. The maximum absolute atomic E-state index is 5.99. The first kappa shape index (κ1) is 13.9. The topological polar surface area (TPSA) is 64.9 Å². The zero-order valence-corrected chi connectivity index (χ0v) is 12.4. The number of benzene rings is 1. The SMILES string of the molecule is N[C@H]1CC[C@@H](c2nc(Cc3ccc(Cl)c(Cl)c3)no2)C1. The minimum atomic E-state index is 0.255. The van der Waals surface area contributed by atoms with Crippen molar-refractivity contribution in [1.82, 2.24) is 10.1 Å². The zero-order chi connectivity index (χ0) is 14.1. The smallest absolute Gasteiger partial charge is 0.229 e. The van der Waals surface area contributed by atoms with Gasteiger partial charge in [-0.15, -0.1) is 0 Å². The maximum Gasteiger partial charge on any atom is 0.229 e. The van der Waals surface area contributed by atoms with Gasteiger partial charge in [0.2, 0.25) is 5.89 Å². The molecule has 0 saturated heterocycles. The minimum absolute atomic E-state index is 0.255. The summed E-state index contributed by atoms with van der Waals surface area (Å²) in [6.07, 6.45) is 3.55. The number of hydrogen-bond donors (Lipinski definition) is 1. The van der Waals surface area contributed by atoms with E-state index in [9.17, 15) is 0 Å². The van der Waals surface area contributed by atoms with Crippen molar-refractivity contribution in [2.45, 2.75) is 37.6 Å². The van der Waals surface area contributed by atoms with Crippen LogP contribution in [0.1, 0.15) is 42.5 Å². The fraction of sp³-hybridized carbons (Fsp3) is 0.429. The normalized spacial score (nSPS) is 22.4. The predicted octanol–water partition coefficient (Wildman–Crippen LogP) is 3.56. The van der Waals surface area contributed by atoms with Crippen molar-refractivity contribution in [2.24, 2.45) is 5.73 Å². The summed E-state index contributed by atoms with van der Waals surface area (Å²) in [6, 6.07) is 5.77. The molecule has 0 bridgehead atoms. The van der Waals surface area contributed by atoms with E-state index in [0.717, 1.165) is 24.8 Å². The molecule has 1 heterocycles. The number of aromatic nitrogens is 2. The van der Waals surface area contributed by atoms with Gasteiger partial charge < -0.3 is 10.3 Å². The number of hydrogen-bond acceptors (Lipinski definition) is 4. The number of nitrogens with two attached hydrogens (primary N) is 1. The van der Waals surface area contributed by atoms with Gasteiger partial charge in [0.05, 0.1) is 10.0 Å². The van der Waals surface area contributed by atoms with Gasteiger partial charge in [-0.25, -0.2) is 0 Å². The van der Waals surface area contributed by atoms with Gasteiger partial charge in [-0.05, 0) is 37.0 Å². The summed E-state index contributed by atoms with van der Waals surface area (Å²) in [5, 5.41) is 5.11. The van der Waals surface area contributed by atoms with Gasteiger partial charge in [0, 0.05) is 18.4 Å². The van der Waals surface area contributed by atoms with Gasteiger partial charge in [0.15, 0.2) is 5.82 Å². The molecule has 1 aliphatic carbocycles. The molecule has 1 aromatic heterocycles. The number of halogens is 2. The van der Waals surface area contributed by atoms with E-state index in [2.05, 4.69) is 10.1 Å². The second kappa shape index (κ2) is 5.72. The monoisotopic (exact) mass is 311 g/mol. The van der Waals surface area contributed by atoms with Gasteiger partial charge in [-0.1, -0.05) is 34.4 Å². The summed E-state index contributed by atoms with van der Waals surface area (Å²) in [6.45, 7) is 0. The van der Waals surface area contributed by atoms with E-state index < -0.39 is 0 Å². The van der Waals surface area contributed by atoms with Crippen LogP contribution in [-0.2, 0) is 6.42 Å². The summed E-state index contributed by atoms with van der Waals surface area (Å²) in [7, 11) is 0. The molecule has 1 aromatic carbocycles. The van der Waals surface area contributed by atoms with E-state index in [1.165, 1.54) is 0 Å². The van der Waals surface area contributed by atoms with Gasteiger partial charge in [0.1, 0.15) is 0 Å². The Bertz CT molecular complexity index is 614. The second-order valence-electron chi connectivity index (χ2n) is 5.24. The molecule has 0 amide bonds. The molecule has 20 heavy (non-hydrogen) atoms. The molecule has 6 heteroatoms. The predicted molar refractivity (Wildman–Crippen MR) is 78.1 cm³/mol. The Morgan fingerprint density at radius 3 is 2.80 bits per heavy atom. The highest BCUT2D eigenvalue weighted by atomic mass is 35.5. The summed E-state index contributed by atoms with van der Waals surface area (Å²) >= 11 is 11.9. The van der Waals surface area contributed by atoms with Crippen LogP contribution < -0.4 is 5.73 Å². The summed E-state index contributed by atoms with van der Waals surface area (Å²) in [5.41, 5.74) is 6.92. The van der Waals surface area contributed by atoms with Crippen molar-refractivity contribution in [3.05, 3.63) is 45.5 Å². The highest BCUT2D eigenvalue weighted by molar-refractivity contribution is 6.42. The van der Waals surface area contributed by atoms with Crippen LogP contribution in [0.25, 0.3) is 0 Å². The maximum atomic E-state index is 5.99. The first-order valence-electron chi connectivity index (χ1n) is 6.64. The molecular weight excluding hydrogens is 297 g/mol. The Labute approximate surface area is 127 Å². The first-order valence-corrected chi connectivity index (χ1v) is 7.39. The quantitative estimate of drug-likeness (QED) is 0.941. The summed E-state index contributed by atoms with van der Waals surface area (Å²) < 4.78 is 5.35. The third-order valence-corrected chi connectivity index (χ3v) is 4.39. The molecule has 106 valence electrons. The average molecular weight is 312 g/mol. The molecule has 0 radical (unpaired) electrons. The molecule has 0 aliphatic heterocycles. The highest BCUT2D eigenvalue weighted by Crippen LogP contribution is 2.32. The van der Waals surface area contributed by atoms with Crippen LogP contribution in [0, 0.1) is 0 Å². The van der Waals surface area contributed by atoms with Gasteiger partial charge >= 0.3 is 0 Å². The van der Waals surface area contributed by atoms with Crippen molar-refractivity contribution >= 4 is 23.2 Å². The molecular formula is C14H15Cl2N3O. The summed E-state index contributed by atoms with van der Waals surface area (Å²) in [5.74, 6) is 1.67. The Hall–Kier alpha value is -1.10. The van der Waals surface area contributed by atoms with Crippen LogP contribution in [0.2, 0.25) is 10.0 Å². The molecule has 2 N–H and O–H groups in total. The van der Waals surface area contributed by atoms with E-state index in [1.807, 2.05) is 12.1 Å². The number of rotatable bonds is 3. The standard InChI is InChI=1S/C14H15Cl2N3O/c15-11-4-1-8(5-12(11)16)6-13-18-14(20-19-13)9-2-3-10(17)7-9/h1,4-5,9-10H,2-3,6-7,17H2/t9-,10+/m1/s1. The van der Waals surface area contributed by atoms with Crippen LogP contribution in [0.5, 0.6) is 0 Å². The number of nitrogens with zero attached hydrogens (tertiary/aromatic N) is 2. The zero-order valence-electron chi connectivity index (χ0n) is 10.9. The Morgan fingerprint density at radius 2 is 2.10 bits per heavy atom. The van der Waals surface area contributed by atoms with Crippen LogP contribution in [0.3, 0.4) is 0 Å². The lowest BCUT2D eigenvalue weighted by molar-refractivity contribution is 0.350. The van der Waals surface area contributed by atoms with Crippen LogP contribution in [-0.4, -0.2) is 16.2 Å². The summed E-state index contributed by atoms with van der Waals surface area (Å²) in [4.78, 5) is 4.46. The molecule has 1 aliphatic rings. The fourth-order valence-corrected chi connectivity index (χ4v) is 2.90. The molecule has 2 aromatic rings. The van der Waals surface area contributed by atoms with Gasteiger partial charge in [-0.2, -0.15) is 4.98 Å². The lowest BCUT2D eigenvalue weighted by Gasteiger charge is -2.01. The first-order chi connectivity index (χ1) is 9.61. The van der Waals surface area contributed by atoms with Crippen molar-refractivity contribution in [1.29, 1.82) is 0 Å². The van der Waals surface area contributed by atoms with Crippen molar-refractivity contribution < 1.29 is 4.52 Å². The van der Waals surface area contributed by atoms with Crippen LogP contribution >= 0.6 is 23.2 Å². The molecule has 0 spiro atoms. The third kappa shape index (κ3) is 2.97. The fourth-order valence-electron chi connectivity index (χ4n) is 2.58. The lowest BCUT2D eigenvalue weighted by Crippen LogP contribution is -2.14. The van der Waals surface area contributed by atoms with Crippen molar-refractivity contribution in [3.8, 4) is 0 Å². The minimum Gasteiger partial charge on any atom is -0.339 e. The van der Waals surface area contributed by atoms with E-state index in [4.69, 9.17) is 33.5 Å². The van der Waals surface area contributed by atoms with Gasteiger partial charge in [0.25, 0.3) is 0 Å². The lowest BCUT2D eigenvalue weighted by atomic mass is 10.1. The van der Waals surface area contributed by atoms with E-state index in [1.54, 1.807) is 6.07 Å². The Morgan fingerprint density at radius 1 is 1.25 bits per heavy atom. The van der Waals surface area contributed by atoms with E-state index >= 15 is 0 Å². The molecule has 0 unspecified atom stereocenters. The molecule has 1 fully saturated rings. The molecule has 2 atom stereocenters. The van der Waals surface area contributed by atoms with Crippen molar-refractivity contribution in [2.75, 3.05) is 0 Å². The highest BCUT2D eigenvalue weighted by Gasteiger charge is 2.27. The third-order valence-electron chi connectivity index (χ3n) is 3.65. The van der Waals surface area contributed by atoms with Crippen LogP contribution in [0.15, 0.2) is 22.7 Å². The molecule has 4 nitrogen and oxygen atoms in total. The van der Waals surface area contributed by atoms with Crippen molar-refractivity contribution in [3.63, 3.8) is 0 Å². The Balaban J connectivity index is 1.72. The second-order valence-corrected chi connectivity index (χ2v) is 6.06. The molecule has 1 saturated carbocycles. The van der Waals surface area contributed by atoms with Crippen LogP contribution in [0.4, 0.5) is 0 Å². The Kier molecular flexibility index (Phi) is 3.96.